The second-order valence-electron chi connectivity index (χ2n) is 3.86. The number of carbonyl (C=O) groups excluding carboxylic acids is 1. The summed E-state index contributed by atoms with van der Waals surface area (Å²) in [5.74, 6) is -0.263. The quantitative estimate of drug-likeness (QED) is 0.828. The Bertz CT molecular complexity index is 541. The Balaban J connectivity index is 2.22. The minimum Gasteiger partial charge on any atom is -0.464 e. The van der Waals surface area contributed by atoms with Crippen LogP contribution in [0.25, 0.3) is 0 Å². The largest absolute Gasteiger partial charge is 0.464 e. The molecule has 0 spiro atoms. The lowest BCUT2D eigenvalue weighted by Crippen LogP contribution is -2.22. The summed E-state index contributed by atoms with van der Waals surface area (Å²) in [5.41, 5.74) is 0.894. The third-order valence-electron chi connectivity index (χ3n) is 2.48. The van der Waals surface area contributed by atoms with Gasteiger partial charge in [0.2, 0.25) is 0 Å². The molecule has 0 radical (unpaired) electrons. The van der Waals surface area contributed by atoms with Gasteiger partial charge in [-0.25, -0.2) is 4.79 Å². The predicted molar refractivity (Wildman–Crippen MR) is 81.5 cm³/mol. The zero-order valence-corrected chi connectivity index (χ0v) is 12.8. The number of hydrogen-bond acceptors (Lipinski definition) is 4. The molecule has 1 aromatic carbocycles. The zero-order chi connectivity index (χ0) is 13.7. The van der Waals surface area contributed by atoms with Crippen molar-refractivity contribution in [2.45, 2.75) is 13.0 Å². The van der Waals surface area contributed by atoms with E-state index in [0.717, 1.165) is 15.0 Å². The van der Waals surface area contributed by atoms with E-state index in [0.29, 0.717) is 6.61 Å². The molecule has 0 bridgehead atoms. The van der Waals surface area contributed by atoms with Crippen LogP contribution in [-0.4, -0.2) is 12.6 Å². The van der Waals surface area contributed by atoms with E-state index < -0.39 is 6.04 Å². The van der Waals surface area contributed by atoms with Crippen LogP contribution in [0, 0.1) is 0 Å². The van der Waals surface area contributed by atoms with Crippen LogP contribution in [0.3, 0.4) is 0 Å². The maximum Gasteiger partial charge on any atom is 0.334 e. The molecule has 0 aliphatic rings. The Kier molecular flexibility index (Phi) is 4.99. The van der Waals surface area contributed by atoms with E-state index in [9.17, 15) is 4.79 Å². The van der Waals surface area contributed by atoms with Crippen molar-refractivity contribution in [1.29, 1.82) is 0 Å². The molecule has 0 aliphatic heterocycles. The van der Waals surface area contributed by atoms with Crippen molar-refractivity contribution in [2.24, 2.45) is 0 Å². The molecule has 1 unspecified atom stereocenters. The molecule has 100 valence electrons. The molecule has 0 fully saturated rings. The zero-order valence-electron chi connectivity index (χ0n) is 10.4. The predicted octanol–water partition coefficient (Wildman–Crippen LogP) is 4.23. The van der Waals surface area contributed by atoms with Gasteiger partial charge in [0.25, 0.3) is 0 Å². The first-order valence-corrected chi connectivity index (χ1v) is 7.60. The number of nitrogens with one attached hydrogen (secondary N) is 1. The van der Waals surface area contributed by atoms with E-state index in [2.05, 4.69) is 21.2 Å². The molecular weight excluding hydrogens is 326 g/mol. The fourth-order valence-electron chi connectivity index (χ4n) is 1.65. The fourth-order valence-corrected chi connectivity index (χ4v) is 3.13. The molecule has 2 rings (SSSR count). The number of para-hydroxylation sites is 1. The number of thiophene rings is 1. The average molecular weight is 340 g/mol. The summed E-state index contributed by atoms with van der Waals surface area (Å²) in [5, 5.41) is 5.16. The van der Waals surface area contributed by atoms with E-state index in [1.807, 2.05) is 48.7 Å². The van der Waals surface area contributed by atoms with Gasteiger partial charge in [-0.15, -0.1) is 11.3 Å². The Hall–Kier alpha value is -1.33. The van der Waals surface area contributed by atoms with Crippen LogP contribution in [-0.2, 0) is 9.53 Å². The molecule has 1 aromatic heterocycles. The van der Waals surface area contributed by atoms with Crippen molar-refractivity contribution >= 4 is 38.9 Å². The van der Waals surface area contributed by atoms with Gasteiger partial charge in [-0.2, -0.15) is 0 Å². The van der Waals surface area contributed by atoms with Gasteiger partial charge < -0.3 is 10.1 Å². The molecule has 0 amide bonds. The van der Waals surface area contributed by atoms with Gasteiger partial charge in [-0.1, -0.05) is 18.2 Å². The highest BCUT2D eigenvalue weighted by atomic mass is 79.9. The van der Waals surface area contributed by atoms with Crippen LogP contribution in [0.5, 0.6) is 0 Å². The Morgan fingerprint density at radius 2 is 2.16 bits per heavy atom. The van der Waals surface area contributed by atoms with E-state index in [1.165, 1.54) is 11.3 Å². The van der Waals surface area contributed by atoms with Crippen molar-refractivity contribution in [2.75, 3.05) is 11.9 Å². The molecule has 0 aliphatic carbocycles. The van der Waals surface area contributed by atoms with Crippen LogP contribution >= 0.6 is 27.3 Å². The second-order valence-corrected chi connectivity index (χ2v) is 5.72. The van der Waals surface area contributed by atoms with Crippen molar-refractivity contribution in [3.05, 3.63) is 51.1 Å². The number of esters is 1. The second kappa shape index (κ2) is 6.73. The summed E-state index contributed by atoms with van der Waals surface area (Å²) >= 11 is 4.93. The lowest BCUT2D eigenvalue weighted by Gasteiger charge is -2.17. The van der Waals surface area contributed by atoms with E-state index in [-0.39, 0.29) is 5.97 Å². The van der Waals surface area contributed by atoms with Gasteiger partial charge in [0, 0.05) is 20.4 Å². The highest BCUT2D eigenvalue weighted by Crippen LogP contribution is 2.29. The fraction of sp³-hybridized carbons (Fsp3) is 0.214. The first-order chi connectivity index (χ1) is 9.20. The lowest BCUT2D eigenvalue weighted by atomic mass is 10.2. The molecule has 0 saturated heterocycles. The minimum atomic E-state index is -0.473. The molecule has 0 saturated carbocycles. The highest BCUT2D eigenvalue weighted by Gasteiger charge is 2.23. The Morgan fingerprint density at radius 1 is 1.42 bits per heavy atom. The molecule has 2 aromatic rings. The minimum absolute atomic E-state index is 0.263. The molecule has 3 nitrogen and oxygen atoms in total. The average Bonchev–Trinajstić information content (AvgIpc) is 2.84. The summed E-state index contributed by atoms with van der Waals surface area (Å²) in [6, 6.07) is 11.1. The molecule has 5 heteroatoms. The lowest BCUT2D eigenvalue weighted by molar-refractivity contribution is -0.144. The molecular formula is C14H14BrNO2S. The van der Waals surface area contributed by atoms with Crippen LogP contribution in [0.2, 0.25) is 0 Å². The van der Waals surface area contributed by atoms with Crippen LogP contribution in [0.1, 0.15) is 17.8 Å². The van der Waals surface area contributed by atoms with Crippen molar-refractivity contribution in [3.8, 4) is 0 Å². The molecule has 1 heterocycles. The molecule has 1 N–H and O–H groups in total. The Morgan fingerprint density at radius 3 is 2.74 bits per heavy atom. The monoisotopic (exact) mass is 339 g/mol. The maximum absolute atomic E-state index is 12.1. The summed E-state index contributed by atoms with van der Waals surface area (Å²) < 4.78 is 6.10. The first kappa shape index (κ1) is 14.1. The third-order valence-corrected chi connectivity index (χ3v) is 4.24. The summed E-state index contributed by atoms with van der Waals surface area (Å²) in [6.07, 6.45) is 0. The van der Waals surface area contributed by atoms with Gasteiger partial charge >= 0.3 is 5.97 Å². The van der Waals surface area contributed by atoms with E-state index in [4.69, 9.17) is 4.74 Å². The normalized spacial score (nSPS) is 11.9. The molecule has 19 heavy (non-hydrogen) atoms. The first-order valence-electron chi connectivity index (χ1n) is 5.93. The van der Waals surface area contributed by atoms with Crippen LogP contribution in [0.15, 0.2) is 46.3 Å². The number of rotatable bonds is 5. The summed E-state index contributed by atoms with van der Waals surface area (Å²) in [7, 11) is 0. The van der Waals surface area contributed by atoms with E-state index in [1.54, 1.807) is 0 Å². The van der Waals surface area contributed by atoms with Gasteiger partial charge in [0.15, 0.2) is 6.04 Å². The van der Waals surface area contributed by atoms with Gasteiger partial charge in [0.1, 0.15) is 0 Å². The Labute approximate surface area is 124 Å². The standard InChI is InChI=1S/C14H14BrNO2S/c1-2-18-14(17)13(12-8-10(15)9-19-12)16-11-6-4-3-5-7-11/h3-9,13,16H,2H2,1H3. The highest BCUT2D eigenvalue weighted by molar-refractivity contribution is 9.10. The number of carbonyl (C=O) groups is 1. The summed E-state index contributed by atoms with van der Waals surface area (Å²) in [4.78, 5) is 13.0. The third kappa shape index (κ3) is 3.81. The smallest absolute Gasteiger partial charge is 0.334 e. The maximum atomic E-state index is 12.1. The number of anilines is 1. The number of halogens is 1. The van der Waals surface area contributed by atoms with Crippen molar-refractivity contribution in [1.82, 2.24) is 0 Å². The van der Waals surface area contributed by atoms with Crippen LogP contribution in [0.4, 0.5) is 5.69 Å². The SMILES string of the molecule is CCOC(=O)C(Nc1ccccc1)c1cc(Br)cs1. The van der Waals surface area contributed by atoms with Gasteiger partial charge in [0.05, 0.1) is 6.61 Å². The topological polar surface area (TPSA) is 38.3 Å². The number of benzene rings is 1. The number of ether oxygens (including phenoxy) is 1. The summed E-state index contributed by atoms with van der Waals surface area (Å²) in [6.45, 7) is 2.18. The van der Waals surface area contributed by atoms with Crippen molar-refractivity contribution < 1.29 is 9.53 Å². The number of hydrogen-bond donors (Lipinski definition) is 1. The van der Waals surface area contributed by atoms with Crippen molar-refractivity contribution in [3.63, 3.8) is 0 Å². The van der Waals surface area contributed by atoms with Gasteiger partial charge in [-0.3, -0.25) is 0 Å². The van der Waals surface area contributed by atoms with E-state index >= 15 is 0 Å². The molecule has 1 atom stereocenters. The van der Waals surface area contributed by atoms with Gasteiger partial charge in [-0.05, 0) is 41.1 Å². The van der Waals surface area contributed by atoms with Crippen LogP contribution < -0.4 is 5.32 Å².